The molecule has 0 saturated heterocycles. The maximum atomic E-state index is 5.82. The normalized spacial score (nSPS) is 10.8. The van der Waals surface area contributed by atoms with Gasteiger partial charge in [-0.25, -0.2) is 4.98 Å². The van der Waals surface area contributed by atoms with Crippen LogP contribution in [0.5, 0.6) is 11.5 Å². The molecule has 3 aromatic rings. The van der Waals surface area contributed by atoms with Crippen LogP contribution in [0.1, 0.15) is 17.0 Å². The summed E-state index contributed by atoms with van der Waals surface area (Å²) in [4.78, 5) is 4.41. The van der Waals surface area contributed by atoms with Crippen LogP contribution in [0.4, 0.5) is 0 Å². The van der Waals surface area contributed by atoms with Gasteiger partial charge in [-0.3, -0.25) is 0 Å². The van der Waals surface area contributed by atoms with E-state index in [2.05, 4.69) is 27.0 Å². The zero-order chi connectivity index (χ0) is 19.6. The topological polar surface area (TPSA) is 57.5 Å². The molecule has 28 heavy (non-hydrogen) atoms. The Bertz CT molecular complexity index is 829. The van der Waals surface area contributed by atoms with Crippen LogP contribution in [0.25, 0.3) is 0 Å². The Balaban J connectivity index is 1.39. The number of imidazole rings is 1. The minimum atomic E-state index is 0.484. The first kappa shape index (κ1) is 19.9. The molecule has 0 amide bonds. The summed E-state index contributed by atoms with van der Waals surface area (Å²) >= 11 is 0. The number of nitrogens with zero attached hydrogens (tertiary/aromatic N) is 2. The lowest BCUT2D eigenvalue weighted by Gasteiger charge is -2.10. The van der Waals surface area contributed by atoms with E-state index < -0.39 is 0 Å². The molecule has 3 rings (SSSR count). The number of rotatable bonds is 11. The smallest absolute Gasteiger partial charge is 0.134 e. The molecule has 0 fully saturated rings. The number of hydrogen-bond donors (Lipinski definition) is 1. The van der Waals surface area contributed by atoms with E-state index in [1.165, 1.54) is 5.56 Å². The van der Waals surface area contributed by atoms with Gasteiger partial charge < -0.3 is 24.1 Å². The van der Waals surface area contributed by atoms with Crippen molar-refractivity contribution in [1.29, 1.82) is 0 Å². The summed E-state index contributed by atoms with van der Waals surface area (Å²) < 4.78 is 18.3. The summed E-state index contributed by atoms with van der Waals surface area (Å²) in [5.41, 5.74) is 2.34. The minimum Gasteiger partial charge on any atom is -0.497 e. The fourth-order valence-corrected chi connectivity index (χ4v) is 2.84. The molecule has 0 aliphatic rings. The first-order valence-corrected chi connectivity index (χ1v) is 9.33. The summed E-state index contributed by atoms with van der Waals surface area (Å²) in [6, 6.07) is 16.0. The van der Waals surface area contributed by atoms with Crippen molar-refractivity contribution in [2.24, 2.45) is 0 Å². The van der Waals surface area contributed by atoms with Crippen LogP contribution in [0.2, 0.25) is 0 Å². The molecule has 0 aliphatic heterocycles. The summed E-state index contributed by atoms with van der Waals surface area (Å²) in [7, 11) is 3.34. The van der Waals surface area contributed by atoms with Crippen molar-refractivity contribution >= 4 is 0 Å². The van der Waals surface area contributed by atoms with E-state index in [0.717, 1.165) is 42.5 Å². The molecule has 1 aromatic heterocycles. The van der Waals surface area contributed by atoms with Crippen LogP contribution in [-0.2, 0) is 31.0 Å². The number of hydrogen-bond acceptors (Lipinski definition) is 5. The van der Waals surface area contributed by atoms with Gasteiger partial charge in [0.25, 0.3) is 0 Å². The molecule has 0 atom stereocenters. The van der Waals surface area contributed by atoms with Crippen molar-refractivity contribution in [1.82, 2.24) is 14.9 Å². The van der Waals surface area contributed by atoms with Crippen molar-refractivity contribution in [2.45, 2.75) is 26.3 Å². The lowest BCUT2D eigenvalue weighted by Crippen LogP contribution is -2.20. The molecular weight excluding hydrogens is 354 g/mol. The van der Waals surface area contributed by atoms with Gasteiger partial charge in [0.15, 0.2) is 0 Å². The highest BCUT2D eigenvalue weighted by molar-refractivity contribution is 5.27. The Morgan fingerprint density at radius 2 is 1.50 bits per heavy atom. The van der Waals surface area contributed by atoms with E-state index in [1.807, 2.05) is 48.8 Å². The van der Waals surface area contributed by atoms with E-state index in [0.29, 0.717) is 13.2 Å². The lowest BCUT2D eigenvalue weighted by atomic mass is 10.2. The van der Waals surface area contributed by atoms with Crippen LogP contribution in [0.15, 0.2) is 60.9 Å². The summed E-state index contributed by atoms with van der Waals surface area (Å²) in [6.45, 7) is 3.55. The maximum absolute atomic E-state index is 5.82. The number of benzene rings is 2. The molecule has 148 valence electrons. The predicted molar refractivity (Wildman–Crippen MR) is 108 cm³/mol. The van der Waals surface area contributed by atoms with Crippen LogP contribution in [0, 0.1) is 0 Å². The number of ether oxygens (including phenoxy) is 3. The average Bonchev–Trinajstić information content (AvgIpc) is 3.19. The van der Waals surface area contributed by atoms with E-state index in [9.17, 15) is 0 Å². The van der Waals surface area contributed by atoms with E-state index >= 15 is 0 Å². The number of nitrogens with one attached hydrogen (secondary N) is 1. The van der Waals surface area contributed by atoms with Gasteiger partial charge >= 0.3 is 0 Å². The first-order chi connectivity index (χ1) is 13.8. The fourth-order valence-electron chi connectivity index (χ4n) is 2.84. The third kappa shape index (κ3) is 5.84. The van der Waals surface area contributed by atoms with Gasteiger partial charge in [0, 0.05) is 32.0 Å². The Morgan fingerprint density at radius 3 is 2.14 bits per heavy atom. The summed E-state index contributed by atoms with van der Waals surface area (Å²) in [6.07, 6.45) is 3.80. The highest BCUT2D eigenvalue weighted by atomic mass is 16.5. The van der Waals surface area contributed by atoms with Gasteiger partial charge in [-0.2, -0.15) is 0 Å². The van der Waals surface area contributed by atoms with E-state index in [-0.39, 0.29) is 0 Å². The van der Waals surface area contributed by atoms with Crippen molar-refractivity contribution in [3.63, 3.8) is 0 Å². The standard InChI is InChI=1S/C22H27N3O3/c1-26-20-7-3-18(4-8-20)15-23-11-13-25-14-12-24-22(25)17-28-16-19-5-9-21(27-2)10-6-19/h3-10,12,14,23H,11,13,15-17H2,1-2H3. The van der Waals surface area contributed by atoms with Crippen molar-refractivity contribution < 1.29 is 14.2 Å². The predicted octanol–water partition coefficient (Wildman–Crippen LogP) is 3.41. The lowest BCUT2D eigenvalue weighted by molar-refractivity contribution is 0.0992. The Labute approximate surface area is 166 Å². The van der Waals surface area contributed by atoms with Gasteiger partial charge in [-0.1, -0.05) is 24.3 Å². The largest absolute Gasteiger partial charge is 0.497 e. The molecule has 6 heteroatoms. The molecule has 0 spiro atoms. The molecule has 6 nitrogen and oxygen atoms in total. The highest BCUT2D eigenvalue weighted by Gasteiger charge is 2.04. The second-order valence-electron chi connectivity index (χ2n) is 6.40. The van der Waals surface area contributed by atoms with Crippen molar-refractivity contribution in [2.75, 3.05) is 20.8 Å². The van der Waals surface area contributed by atoms with Crippen LogP contribution >= 0.6 is 0 Å². The third-order valence-corrected chi connectivity index (χ3v) is 4.48. The zero-order valence-corrected chi connectivity index (χ0v) is 16.4. The second-order valence-corrected chi connectivity index (χ2v) is 6.40. The van der Waals surface area contributed by atoms with Gasteiger partial charge in [-0.05, 0) is 35.4 Å². The fraction of sp³-hybridized carbons (Fsp3) is 0.318. The first-order valence-electron chi connectivity index (χ1n) is 9.33. The van der Waals surface area contributed by atoms with Gasteiger partial charge in [0.2, 0.25) is 0 Å². The van der Waals surface area contributed by atoms with Gasteiger partial charge in [-0.15, -0.1) is 0 Å². The molecule has 1 N–H and O–H groups in total. The summed E-state index contributed by atoms with van der Waals surface area (Å²) in [5.74, 6) is 2.66. The number of aromatic nitrogens is 2. The molecular formula is C22H27N3O3. The Hall–Kier alpha value is -2.83. The molecule has 1 heterocycles. The summed E-state index contributed by atoms with van der Waals surface area (Å²) in [5, 5.41) is 3.46. The van der Waals surface area contributed by atoms with E-state index in [4.69, 9.17) is 14.2 Å². The second kappa shape index (κ2) is 10.5. The Morgan fingerprint density at radius 1 is 0.857 bits per heavy atom. The molecule has 0 radical (unpaired) electrons. The third-order valence-electron chi connectivity index (χ3n) is 4.48. The monoisotopic (exact) mass is 381 g/mol. The van der Waals surface area contributed by atoms with Crippen molar-refractivity contribution in [3.05, 3.63) is 77.9 Å². The zero-order valence-electron chi connectivity index (χ0n) is 16.4. The SMILES string of the molecule is COc1ccc(CNCCn2ccnc2COCc2ccc(OC)cc2)cc1. The minimum absolute atomic E-state index is 0.484. The van der Waals surface area contributed by atoms with Crippen LogP contribution in [-0.4, -0.2) is 30.3 Å². The highest BCUT2D eigenvalue weighted by Crippen LogP contribution is 2.13. The maximum Gasteiger partial charge on any atom is 0.134 e. The molecule has 0 saturated carbocycles. The van der Waals surface area contributed by atoms with Crippen LogP contribution < -0.4 is 14.8 Å². The molecule has 0 bridgehead atoms. The van der Waals surface area contributed by atoms with Gasteiger partial charge in [0.1, 0.15) is 23.9 Å². The van der Waals surface area contributed by atoms with E-state index in [1.54, 1.807) is 14.2 Å². The molecule has 2 aromatic carbocycles. The number of methoxy groups -OCH3 is 2. The van der Waals surface area contributed by atoms with Crippen LogP contribution in [0.3, 0.4) is 0 Å². The van der Waals surface area contributed by atoms with Gasteiger partial charge in [0.05, 0.1) is 20.8 Å². The molecule has 0 unspecified atom stereocenters. The molecule has 0 aliphatic carbocycles. The van der Waals surface area contributed by atoms with Crippen molar-refractivity contribution in [3.8, 4) is 11.5 Å². The quantitative estimate of drug-likeness (QED) is 0.516. The Kier molecular flexibility index (Phi) is 7.46. The average molecular weight is 381 g/mol.